The predicted octanol–water partition coefficient (Wildman–Crippen LogP) is 0.391. The molecule has 0 aromatic carbocycles. The van der Waals surface area contributed by atoms with Crippen LogP contribution in [0.2, 0.25) is 0 Å². The Morgan fingerprint density at radius 2 is 1.86 bits per heavy atom. The van der Waals surface area contributed by atoms with E-state index in [0.717, 1.165) is 31.8 Å². The lowest BCUT2D eigenvalue weighted by molar-refractivity contribution is -0.126. The van der Waals surface area contributed by atoms with Gasteiger partial charge in [0.15, 0.2) is 0 Å². The standard InChI is InChI=1S/C16H30N4O/c1-13(14-11-17-12-14)16(21)20(4)10-9-19(3)15-5-7-18(2)8-6-15/h15,17H,5-12H2,1-4H3. The van der Waals surface area contributed by atoms with Gasteiger partial charge in [-0.15, -0.1) is 0 Å². The second-order valence-electron chi connectivity index (χ2n) is 6.57. The number of likely N-dealkylation sites (tertiary alicyclic amines) is 1. The van der Waals surface area contributed by atoms with Gasteiger partial charge in [-0.25, -0.2) is 0 Å². The van der Waals surface area contributed by atoms with Gasteiger partial charge in [-0.2, -0.15) is 0 Å². The number of hydrogen-bond acceptors (Lipinski definition) is 4. The van der Waals surface area contributed by atoms with Crippen molar-refractivity contribution in [2.75, 3.05) is 60.4 Å². The molecule has 5 nitrogen and oxygen atoms in total. The highest BCUT2D eigenvalue weighted by atomic mass is 16.2. The lowest BCUT2D eigenvalue weighted by atomic mass is 10.0. The Balaban J connectivity index is 1.75. The first-order chi connectivity index (χ1) is 9.99. The molecular formula is C16H30N4O. The maximum atomic E-state index is 12.3. The fourth-order valence-corrected chi connectivity index (χ4v) is 2.98. The minimum absolute atomic E-state index is 0.184. The number of hydrogen-bond donors (Lipinski definition) is 1. The van der Waals surface area contributed by atoms with Gasteiger partial charge < -0.3 is 20.0 Å². The van der Waals surface area contributed by atoms with E-state index in [-0.39, 0.29) is 5.91 Å². The number of amides is 1. The first-order valence-electron chi connectivity index (χ1n) is 8.02. The van der Waals surface area contributed by atoms with Crippen LogP contribution in [0.3, 0.4) is 0 Å². The van der Waals surface area contributed by atoms with Crippen LogP contribution in [-0.2, 0) is 4.79 Å². The topological polar surface area (TPSA) is 38.8 Å². The molecule has 21 heavy (non-hydrogen) atoms. The lowest BCUT2D eigenvalue weighted by Crippen LogP contribution is -2.45. The van der Waals surface area contributed by atoms with Crippen molar-refractivity contribution in [3.8, 4) is 0 Å². The molecule has 0 unspecified atom stereocenters. The van der Waals surface area contributed by atoms with Crippen LogP contribution in [0.5, 0.6) is 0 Å². The average Bonchev–Trinajstić information content (AvgIpc) is 2.42. The molecule has 0 aromatic heterocycles. The van der Waals surface area contributed by atoms with Crippen LogP contribution in [-0.4, -0.2) is 87.1 Å². The van der Waals surface area contributed by atoms with Crippen LogP contribution in [0.4, 0.5) is 0 Å². The smallest absolute Gasteiger partial charge is 0.249 e. The number of rotatable bonds is 5. The molecule has 0 spiro atoms. The van der Waals surface area contributed by atoms with Gasteiger partial charge in [0, 0.05) is 44.8 Å². The molecule has 5 heteroatoms. The maximum Gasteiger partial charge on any atom is 0.249 e. The third-order valence-corrected chi connectivity index (χ3v) is 4.97. The van der Waals surface area contributed by atoms with Crippen molar-refractivity contribution in [1.82, 2.24) is 20.0 Å². The zero-order valence-corrected chi connectivity index (χ0v) is 14.0. The van der Waals surface area contributed by atoms with E-state index in [1.54, 1.807) is 0 Å². The predicted molar refractivity (Wildman–Crippen MR) is 86.4 cm³/mol. The zero-order chi connectivity index (χ0) is 15.4. The third-order valence-electron chi connectivity index (χ3n) is 4.97. The molecule has 0 bridgehead atoms. The number of carbonyl (C=O) groups is 1. The molecule has 2 aliphatic rings. The lowest BCUT2D eigenvalue weighted by Gasteiger charge is -2.36. The summed E-state index contributed by atoms with van der Waals surface area (Å²) < 4.78 is 0. The molecule has 120 valence electrons. The molecule has 1 N–H and O–H groups in total. The van der Waals surface area contributed by atoms with E-state index in [1.807, 2.05) is 18.9 Å². The Morgan fingerprint density at radius 1 is 1.24 bits per heavy atom. The molecule has 0 radical (unpaired) electrons. The number of nitrogens with one attached hydrogen (secondary N) is 1. The monoisotopic (exact) mass is 294 g/mol. The molecular weight excluding hydrogens is 264 g/mol. The highest BCUT2D eigenvalue weighted by Gasteiger charge is 2.22. The van der Waals surface area contributed by atoms with Crippen LogP contribution in [0.25, 0.3) is 0 Å². The minimum atomic E-state index is 0.184. The third kappa shape index (κ3) is 4.28. The Hall–Kier alpha value is -0.910. The Kier molecular flexibility index (Phi) is 5.79. The molecule has 2 rings (SSSR count). The van der Waals surface area contributed by atoms with Gasteiger partial charge in [0.05, 0.1) is 0 Å². The summed E-state index contributed by atoms with van der Waals surface area (Å²) in [6.07, 6.45) is 2.47. The number of carbonyl (C=O) groups excluding carboxylic acids is 1. The summed E-state index contributed by atoms with van der Waals surface area (Å²) in [5.41, 5.74) is 2.19. The van der Waals surface area contributed by atoms with Crippen molar-refractivity contribution in [2.45, 2.75) is 25.8 Å². The summed E-state index contributed by atoms with van der Waals surface area (Å²) in [5, 5.41) is 3.19. The van der Waals surface area contributed by atoms with E-state index in [9.17, 15) is 4.79 Å². The van der Waals surface area contributed by atoms with Crippen molar-refractivity contribution in [3.05, 3.63) is 11.1 Å². The summed E-state index contributed by atoms with van der Waals surface area (Å²) in [7, 11) is 6.30. The SMILES string of the molecule is CC(C(=O)N(C)CCN(C)C1CCN(C)CC1)=C1CNC1. The Labute approximate surface area is 129 Å². The molecule has 2 aliphatic heterocycles. The summed E-state index contributed by atoms with van der Waals surface area (Å²) in [4.78, 5) is 19.0. The maximum absolute atomic E-state index is 12.3. The van der Waals surface area contributed by atoms with Crippen LogP contribution in [0.15, 0.2) is 11.1 Å². The first-order valence-corrected chi connectivity index (χ1v) is 8.02. The fourth-order valence-electron chi connectivity index (χ4n) is 2.98. The average molecular weight is 294 g/mol. The van der Waals surface area contributed by atoms with Crippen molar-refractivity contribution in [3.63, 3.8) is 0 Å². The summed E-state index contributed by atoms with van der Waals surface area (Å²) >= 11 is 0. The van der Waals surface area contributed by atoms with E-state index in [4.69, 9.17) is 0 Å². The minimum Gasteiger partial charge on any atom is -0.341 e. The van der Waals surface area contributed by atoms with Crippen LogP contribution in [0, 0.1) is 0 Å². The second-order valence-corrected chi connectivity index (χ2v) is 6.57. The van der Waals surface area contributed by atoms with Crippen LogP contribution >= 0.6 is 0 Å². The van der Waals surface area contributed by atoms with Crippen molar-refractivity contribution in [2.24, 2.45) is 0 Å². The van der Waals surface area contributed by atoms with E-state index in [1.165, 1.54) is 31.5 Å². The van der Waals surface area contributed by atoms with Crippen molar-refractivity contribution < 1.29 is 4.79 Å². The quantitative estimate of drug-likeness (QED) is 0.745. The normalized spacial score (nSPS) is 20.5. The van der Waals surface area contributed by atoms with Crippen molar-refractivity contribution in [1.29, 1.82) is 0 Å². The molecule has 0 aromatic rings. The molecule has 2 fully saturated rings. The van der Waals surface area contributed by atoms with E-state index >= 15 is 0 Å². The van der Waals surface area contributed by atoms with Gasteiger partial charge >= 0.3 is 0 Å². The second kappa shape index (κ2) is 7.38. The van der Waals surface area contributed by atoms with Gasteiger partial charge in [0.25, 0.3) is 0 Å². The largest absolute Gasteiger partial charge is 0.341 e. The first kappa shape index (κ1) is 16.5. The van der Waals surface area contributed by atoms with E-state index in [2.05, 4.69) is 29.2 Å². The highest BCUT2D eigenvalue weighted by molar-refractivity contribution is 5.93. The molecule has 2 heterocycles. The van der Waals surface area contributed by atoms with Crippen LogP contribution < -0.4 is 5.32 Å². The van der Waals surface area contributed by atoms with Crippen LogP contribution in [0.1, 0.15) is 19.8 Å². The van der Waals surface area contributed by atoms with Gasteiger partial charge in [-0.1, -0.05) is 0 Å². The Bertz CT molecular complexity index is 393. The molecule has 0 atom stereocenters. The fraction of sp³-hybridized carbons (Fsp3) is 0.812. The highest BCUT2D eigenvalue weighted by Crippen LogP contribution is 2.14. The summed E-state index contributed by atoms with van der Waals surface area (Å²) in [5.74, 6) is 0.184. The molecule has 0 aliphatic carbocycles. The number of likely N-dealkylation sites (N-methyl/N-ethyl adjacent to an activating group) is 2. The number of nitrogens with zero attached hydrogens (tertiary/aromatic N) is 3. The molecule has 1 amide bonds. The van der Waals surface area contributed by atoms with Crippen molar-refractivity contribution >= 4 is 5.91 Å². The van der Waals surface area contributed by atoms with Gasteiger partial charge in [0.1, 0.15) is 0 Å². The zero-order valence-electron chi connectivity index (χ0n) is 14.0. The molecule has 0 saturated carbocycles. The van der Waals surface area contributed by atoms with E-state index < -0.39 is 0 Å². The van der Waals surface area contributed by atoms with Gasteiger partial charge in [-0.05, 0) is 52.5 Å². The van der Waals surface area contributed by atoms with E-state index in [0.29, 0.717) is 6.04 Å². The molecule has 2 saturated heterocycles. The van der Waals surface area contributed by atoms with Gasteiger partial charge in [0.2, 0.25) is 5.91 Å². The van der Waals surface area contributed by atoms with Gasteiger partial charge in [-0.3, -0.25) is 4.79 Å². The Morgan fingerprint density at radius 3 is 2.38 bits per heavy atom. The summed E-state index contributed by atoms with van der Waals surface area (Å²) in [6, 6.07) is 0.667. The summed E-state index contributed by atoms with van der Waals surface area (Å²) in [6.45, 7) is 7.83. The number of piperidine rings is 1.